The van der Waals surface area contributed by atoms with Crippen molar-refractivity contribution in [2.24, 2.45) is 5.73 Å². The van der Waals surface area contributed by atoms with E-state index in [4.69, 9.17) is 10.5 Å². The summed E-state index contributed by atoms with van der Waals surface area (Å²) in [5.74, 6) is -0.0765. The van der Waals surface area contributed by atoms with Crippen LogP contribution in [0.5, 0.6) is 0 Å². The average Bonchev–Trinajstić information content (AvgIpc) is 2.78. The molecule has 2 aromatic rings. The molecule has 4 N–H and O–H groups in total. The van der Waals surface area contributed by atoms with E-state index in [2.05, 4.69) is 15.3 Å². The van der Waals surface area contributed by atoms with Gasteiger partial charge in [0.25, 0.3) is 0 Å². The fourth-order valence-corrected chi connectivity index (χ4v) is 2.00. The van der Waals surface area contributed by atoms with Gasteiger partial charge in [0.05, 0.1) is 23.5 Å². The van der Waals surface area contributed by atoms with Crippen molar-refractivity contribution in [2.75, 3.05) is 0 Å². The van der Waals surface area contributed by atoms with Crippen molar-refractivity contribution in [3.8, 4) is 0 Å². The van der Waals surface area contributed by atoms with Gasteiger partial charge in [0.2, 0.25) is 5.91 Å². The molecule has 0 saturated carbocycles. The van der Waals surface area contributed by atoms with Gasteiger partial charge >= 0.3 is 6.09 Å². The van der Waals surface area contributed by atoms with Gasteiger partial charge in [-0.3, -0.25) is 4.79 Å². The van der Waals surface area contributed by atoms with Crippen LogP contribution < -0.4 is 11.1 Å². The molecule has 7 nitrogen and oxygen atoms in total. The van der Waals surface area contributed by atoms with Crippen molar-refractivity contribution < 1.29 is 14.3 Å². The summed E-state index contributed by atoms with van der Waals surface area (Å²) in [4.78, 5) is 30.6. The largest absolute Gasteiger partial charge is 0.444 e. The Morgan fingerprint density at radius 2 is 2.05 bits per heavy atom. The van der Waals surface area contributed by atoms with E-state index < -0.39 is 23.6 Å². The maximum absolute atomic E-state index is 11.9. The number of hydrogen-bond donors (Lipinski definition) is 3. The summed E-state index contributed by atoms with van der Waals surface area (Å²) in [6.45, 7) is 5.28. The molecule has 0 saturated heterocycles. The Morgan fingerprint density at radius 3 is 2.64 bits per heavy atom. The maximum atomic E-state index is 11.9. The van der Waals surface area contributed by atoms with Crippen molar-refractivity contribution >= 4 is 23.0 Å². The molecule has 0 aliphatic heterocycles. The van der Waals surface area contributed by atoms with Crippen LogP contribution in [0.2, 0.25) is 0 Å². The first-order chi connectivity index (χ1) is 10.2. The molecule has 0 aliphatic rings. The minimum Gasteiger partial charge on any atom is -0.444 e. The van der Waals surface area contributed by atoms with Crippen molar-refractivity contribution in [3.63, 3.8) is 0 Å². The van der Waals surface area contributed by atoms with Crippen LogP contribution in [0.25, 0.3) is 11.0 Å². The number of nitrogens with two attached hydrogens (primary N) is 1. The van der Waals surface area contributed by atoms with Gasteiger partial charge in [-0.2, -0.15) is 0 Å². The minimum absolute atomic E-state index is 0.0704. The van der Waals surface area contributed by atoms with Crippen molar-refractivity contribution in [2.45, 2.75) is 38.8 Å². The molecular formula is C15H20N4O3. The number of nitrogens with zero attached hydrogens (tertiary/aromatic N) is 1. The summed E-state index contributed by atoms with van der Waals surface area (Å²) < 4.78 is 5.20. The second-order valence-corrected chi connectivity index (χ2v) is 6.01. The first-order valence-corrected chi connectivity index (χ1v) is 6.97. The molecule has 2 rings (SSSR count). The lowest BCUT2D eigenvalue weighted by Crippen LogP contribution is -2.37. The molecule has 0 fully saturated rings. The average molecular weight is 304 g/mol. The lowest BCUT2D eigenvalue weighted by atomic mass is 10.2. The van der Waals surface area contributed by atoms with E-state index in [-0.39, 0.29) is 6.42 Å². The molecule has 2 amide bonds. The molecule has 1 atom stereocenters. The van der Waals surface area contributed by atoms with E-state index in [1.165, 1.54) is 0 Å². The molecule has 0 aliphatic carbocycles. The Kier molecular flexibility index (Phi) is 4.35. The Labute approximate surface area is 128 Å². The van der Waals surface area contributed by atoms with Gasteiger partial charge in [-0.1, -0.05) is 12.1 Å². The van der Waals surface area contributed by atoms with E-state index in [1.54, 1.807) is 20.8 Å². The zero-order valence-electron chi connectivity index (χ0n) is 12.8. The number of amides is 2. The number of nitrogens with one attached hydrogen (secondary N) is 2. The van der Waals surface area contributed by atoms with Crippen molar-refractivity contribution in [1.82, 2.24) is 15.3 Å². The quantitative estimate of drug-likeness (QED) is 0.802. The molecule has 1 heterocycles. The topological polar surface area (TPSA) is 110 Å². The van der Waals surface area contributed by atoms with Gasteiger partial charge in [0, 0.05) is 0 Å². The van der Waals surface area contributed by atoms with Crippen molar-refractivity contribution in [1.29, 1.82) is 0 Å². The van der Waals surface area contributed by atoms with Crippen LogP contribution in [-0.4, -0.2) is 27.6 Å². The molecule has 118 valence electrons. The number of para-hydroxylation sites is 2. The fraction of sp³-hybridized carbons (Fsp3) is 0.400. The van der Waals surface area contributed by atoms with Gasteiger partial charge in [0.1, 0.15) is 11.4 Å². The van der Waals surface area contributed by atoms with Crippen LogP contribution in [0.4, 0.5) is 4.79 Å². The predicted octanol–water partition coefficient (Wildman–Crippen LogP) is 2.00. The van der Waals surface area contributed by atoms with E-state index in [9.17, 15) is 9.59 Å². The van der Waals surface area contributed by atoms with E-state index in [0.717, 1.165) is 11.0 Å². The number of H-pyrrole nitrogens is 1. The van der Waals surface area contributed by atoms with Gasteiger partial charge in [0.15, 0.2) is 0 Å². The Morgan fingerprint density at radius 1 is 1.36 bits per heavy atom. The minimum atomic E-state index is -0.667. The number of rotatable bonds is 4. The number of fused-ring (bicyclic) bond motifs is 1. The number of carbonyl (C=O) groups is 2. The highest BCUT2D eigenvalue weighted by molar-refractivity contribution is 5.78. The molecule has 1 aromatic heterocycles. The molecule has 0 unspecified atom stereocenters. The Hall–Kier alpha value is -2.57. The number of hydrogen-bond acceptors (Lipinski definition) is 4. The molecule has 0 spiro atoms. The lowest BCUT2D eigenvalue weighted by molar-refractivity contribution is -0.118. The van der Waals surface area contributed by atoms with Crippen LogP contribution in [0.3, 0.4) is 0 Å². The predicted molar refractivity (Wildman–Crippen MR) is 82.0 cm³/mol. The second kappa shape index (κ2) is 6.05. The van der Waals surface area contributed by atoms with E-state index in [0.29, 0.717) is 5.82 Å². The number of alkyl carbamates (subject to hydrolysis) is 1. The number of primary amides is 1. The zero-order valence-corrected chi connectivity index (χ0v) is 12.8. The number of imidazole rings is 1. The summed E-state index contributed by atoms with van der Waals surface area (Å²) in [5.41, 5.74) is 6.19. The number of aromatic nitrogens is 2. The third kappa shape index (κ3) is 4.21. The summed E-state index contributed by atoms with van der Waals surface area (Å²) in [6, 6.07) is 6.76. The smallest absolute Gasteiger partial charge is 0.408 e. The summed E-state index contributed by atoms with van der Waals surface area (Å²) in [7, 11) is 0. The van der Waals surface area contributed by atoms with E-state index in [1.807, 2.05) is 24.3 Å². The van der Waals surface area contributed by atoms with Crippen LogP contribution >= 0.6 is 0 Å². The Bertz CT molecular complexity index is 654. The lowest BCUT2D eigenvalue weighted by Gasteiger charge is -2.22. The first-order valence-electron chi connectivity index (χ1n) is 6.97. The highest BCUT2D eigenvalue weighted by atomic mass is 16.6. The number of ether oxygens (including phenoxy) is 1. The molecule has 0 radical (unpaired) electrons. The third-order valence-corrected chi connectivity index (χ3v) is 2.83. The van der Waals surface area contributed by atoms with Gasteiger partial charge in [-0.25, -0.2) is 9.78 Å². The highest BCUT2D eigenvalue weighted by Gasteiger charge is 2.24. The fourth-order valence-electron chi connectivity index (χ4n) is 2.00. The monoisotopic (exact) mass is 304 g/mol. The molecular weight excluding hydrogens is 284 g/mol. The zero-order chi connectivity index (χ0) is 16.3. The van der Waals surface area contributed by atoms with Crippen LogP contribution in [0, 0.1) is 0 Å². The summed E-state index contributed by atoms with van der Waals surface area (Å²) >= 11 is 0. The normalized spacial score (nSPS) is 12.9. The molecule has 0 bridgehead atoms. The number of carbonyl (C=O) groups excluding carboxylic acids is 2. The Balaban J connectivity index is 2.22. The summed E-state index contributed by atoms with van der Waals surface area (Å²) in [6.07, 6.45) is -0.696. The SMILES string of the molecule is CC(C)(C)OC(=O)N[C@H](CC(N)=O)c1nc2ccccc2[nH]1. The molecule has 22 heavy (non-hydrogen) atoms. The van der Waals surface area contributed by atoms with Crippen molar-refractivity contribution in [3.05, 3.63) is 30.1 Å². The second-order valence-electron chi connectivity index (χ2n) is 6.01. The molecule has 1 aromatic carbocycles. The van der Waals surface area contributed by atoms with Gasteiger partial charge < -0.3 is 20.8 Å². The summed E-state index contributed by atoms with van der Waals surface area (Å²) in [5, 5.41) is 2.63. The van der Waals surface area contributed by atoms with E-state index >= 15 is 0 Å². The highest BCUT2D eigenvalue weighted by Crippen LogP contribution is 2.19. The van der Waals surface area contributed by atoms with Gasteiger partial charge in [-0.05, 0) is 32.9 Å². The van der Waals surface area contributed by atoms with Crippen LogP contribution in [0.15, 0.2) is 24.3 Å². The molecule has 7 heteroatoms. The van der Waals surface area contributed by atoms with Gasteiger partial charge in [-0.15, -0.1) is 0 Å². The maximum Gasteiger partial charge on any atom is 0.408 e. The number of aromatic amines is 1. The number of benzene rings is 1. The standard InChI is InChI=1S/C15H20N4O3/c1-15(2,3)22-14(21)19-11(8-12(16)20)13-17-9-6-4-5-7-10(9)18-13/h4-7,11H,8H2,1-3H3,(H2,16,20)(H,17,18)(H,19,21)/t11-/m1/s1. The third-order valence-electron chi connectivity index (χ3n) is 2.83. The van der Waals surface area contributed by atoms with Crippen LogP contribution in [0.1, 0.15) is 39.1 Å². The first kappa shape index (κ1) is 15.8. The van der Waals surface area contributed by atoms with Crippen LogP contribution in [-0.2, 0) is 9.53 Å².